The first-order valence-electron chi connectivity index (χ1n) is 5.70. The second kappa shape index (κ2) is 5.81. The smallest absolute Gasteiger partial charge is 0.156 e. The molecule has 1 aromatic carbocycles. The molecule has 108 valence electrons. The quantitative estimate of drug-likeness (QED) is 0.862. The van der Waals surface area contributed by atoms with Crippen LogP contribution in [0.2, 0.25) is 5.02 Å². The molecule has 0 bridgehead atoms. The Balaban J connectivity index is 2.85. The average Bonchev–Trinajstić information content (AvgIpc) is 2.28. The maximum Gasteiger partial charge on any atom is 0.156 e. The van der Waals surface area contributed by atoms with Crippen LogP contribution in [0.25, 0.3) is 0 Å². The highest BCUT2D eigenvalue weighted by Gasteiger charge is 2.29. The molecule has 0 saturated carbocycles. The highest BCUT2D eigenvalue weighted by Crippen LogP contribution is 2.22. The van der Waals surface area contributed by atoms with E-state index in [0.29, 0.717) is 15.6 Å². The van der Waals surface area contributed by atoms with E-state index in [9.17, 15) is 12.6 Å². The standard InChI is InChI=1S/C12H18ClNO3S2/c1-12(2,3)19(16,17)7-6-18(15)11-8-9(13)4-5-10(11)14/h4-5,8H,6-7,14H2,1-3H3. The van der Waals surface area contributed by atoms with Crippen LogP contribution in [0.15, 0.2) is 23.1 Å². The van der Waals surface area contributed by atoms with Crippen LogP contribution >= 0.6 is 11.6 Å². The molecule has 0 aromatic heterocycles. The lowest BCUT2D eigenvalue weighted by atomic mass is 10.3. The lowest BCUT2D eigenvalue weighted by Crippen LogP contribution is -2.32. The van der Waals surface area contributed by atoms with Gasteiger partial charge in [0.25, 0.3) is 0 Å². The summed E-state index contributed by atoms with van der Waals surface area (Å²) in [4.78, 5) is 0.386. The molecule has 1 aromatic rings. The molecule has 2 N–H and O–H groups in total. The van der Waals surface area contributed by atoms with Crippen molar-refractivity contribution in [1.29, 1.82) is 0 Å². The van der Waals surface area contributed by atoms with Gasteiger partial charge in [0, 0.05) is 16.5 Å². The van der Waals surface area contributed by atoms with E-state index in [1.165, 1.54) is 6.07 Å². The van der Waals surface area contributed by atoms with Gasteiger partial charge < -0.3 is 5.73 Å². The fraction of sp³-hybridized carbons (Fsp3) is 0.500. The van der Waals surface area contributed by atoms with Gasteiger partial charge in [-0.1, -0.05) is 11.6 Å². The predicted octanol–water partition coefficient (Wildman–Crippen LogP) is 2.24. The van der Waals surface area contributed by atoms with Crippen molar-refractivity contribution in [3.8, 4) is 0 Å². The summed E-state index contributed by atoms with van der Waals surface area (Å²) in [6.07, 6.45) is 0. The molecule has 7 heteroatoms. The number of rotatable bonds is 4. The SMILES string of the molecule is CC(C)(C)S(=O)(=O)CCS(=O)c1cc(Cl)ccc1N. The fourth-order valence-electron chi connectivity index (χ4n) is 1.31. The highest BCUT2D eigenvalue weighted by molar-refractivity contribution is 7.94. The van der Waals surface area contributed by atoms with E-state index in [1.807, 2.05) is 0 Å². The van der Waals surface area contributed by atoms with Crippen LogP contribution in [0.3, 0.4) is 0 Å². The van der Waals surface area contributed by atoms with Crippen LogP contribution in [0, 0.1) is 0 Å². The summed E-state index contributed by atoms with van der Waals surface area (Å²) in [5.74, 6) is -0.126. The number of benzene rings is 1. The van der Waals surface area contributed by atoms with Crippen LogP contribution < -0.4 is 5.73 Å². The van der Waals surface area contributed by atoms with Gasteiger partial charge >= 0.3 is 0 Å². The first-order valence-corrected chi connectivity index (χ1v) is 9.05. The Bertz CT molecular complexity index is 591. The zero-order valence-corrected chi connectivity index (χ0v) is 13.5. The number of sulfone groups is 1. The van der Waals surface area contributed by atoms with Gasteiger partial charge in [-0.15, -0.1) is 0 Å². The molecule has 0 radical (unpaired) electrons. The number of hydrogen-bond acceptors (Lipinski definition) is 4. The molecule has 0 amide bonds. The van der Waals surface area contributed by atoms with Gasteiger partial charge in [-0.25, -0.2) is 8.42 Å². The lowest BCUT2D eigenvalue weighted by molar-refractivity contribution is 0.561. The third kappa shape index (κ3) is 4.19. The summed E-state index contributed by atoms with van der Waals surface area (Å²) in [5, 5.41) is 0.427. The normalized spacial score (nSPS) is 14.3. The Hall–Kier alpha value is -0.590. The van der Waals surface area contributed by atoms with Crippen LogP contribution in [0.1, 0.15) is 20.8 Å². The second-order valence-corrected chi connectivity index (χ2v) is 10.0. The molecule has 0 fully saturated rings. The molecule has 4 nitrogen and oxygen atoms in total. The van der Waals surface area contributed by atoms with E-state index >= 15 is 0 Å². The molecule has 1 atom stereocenters. The first-order chi connectivity index (χ1) is 8.54. The van der Waals surface area contributed by atoms with Crippen LogP contribution in [0.5, 0.6) is 0 Å². The van der Waals surface area contributed by atoms with Crippen molar-refractivity contribution in [2.75, 3.05) is 17.2 Å². The number of nitrogens with two attached hydrogens (primary N) is 1. The minimum atomic E-state index is -3.29. The highest BCUT2D eigenvalue weighted by atomic mass is 35.5. The zero-order chi connectivity index (χ0) is 14.8. The number of halogens is 1. The fourth-order valence-corrected chi connectivity index (χ4v) is 4.45. The van der Waals surface area contributed by atoms with E-state index in [2.05, 4.69) is 0 Å². The molecule has 19 heavy (non-hydrogen) atoms. The lowest BCUT2D eigenvalue weighted by Gasteiger charge is -2.18. The summed E-state index contributed by atoms with van der Waals surface area (Å²) in [6, 6.07) is 4.67. The maximum atomic E-state index is 12.1. The molecular formula is C12H18ClNO3S2. The van der Waals surface area contributed by atoms with Gasteiger partial charge in [0.2, 0.25) is 0 Å². The van der Waals surface area contributed by atoms with Gasteiger partial charge in [-0.3, -0.25) is 4.21 Å². The Kier molecular flexibility index (Phi) is 5.03. The van der Waals surface area contributed by atoms with Gasteiger partial charge in [0.15, 0.2) is 9.84 Å². The van der Waals surface area contributed by atoms with Crippen molar-refractivity contribution in [2.45, 2.75) is 30.4 Å². The van der Waals surface area contributed by atoms with Crippen LogP contribution in [-0.4, -0.2) is 28.9 Å². The van der Waals surface area contributed by atoms with Crippen molar-refractivity contribution in [3.63, 3.8) is 0 Å². The number of nitrogen functional groups attached to an aromatic ring is 1. The Morgan fingerprint density at radius 2 is 1.89 bits per heavy atom. The molecule has 1 unspecified atom stereocenters. The van der Waals surface area contributed by atoms with E-state index in [0.717, 1.165) is 0 Å². The molecule has 0 spiro atoms. The van der Waals surface area contributed by atoms with Gasteiger partial charge in [0.1, 0.15) is 0 Å². The van der Waals surface area contributed by atoms with Crippen LogP contribution in [0.4, 0.5) is 5.69 Å². The second-order valence-electron chi connectivity index (χ2n) is 5.16. The topological polar surface area (TPSA) is 77.2 Å². The molecule has 0 aliphatic carbocycles. The van der Waals surface area contributed by atoms with E-state index in [4.69, 9.17) is 17.3 Å². The summed E-state index contributed by atoms with van der Waals surface area (Å²) in [7, 11) is -4.77. The molecule has 1 rings (SSSR count). The van der Waals surface area contributed by atoms with E-state index in [-0.39, 0.29) is 11.5 Å². The van der Waals surface area contributed by atoms with Crippen molar-refractivity contribution in [2.24, 2.45) is 0 Å². The van der Waals surface area contributed by atoms with Crippen molar-refractivity contribution < 1.29 is 12.6 Å². The van der Waals surface area contributed by atoms with E-state index in [1.54, 1.807) is 32.9 Å². The number of hydrogen-bond donors (Lipinski definition) is 1. The number of anilines is 1. The minimum Gasteiger partial charge on any atom is -0.398 e. The van der Waals surface area contributed by atoms with Crippen LogP contribution in [-0.2, 0) is 20.6 Å². The molecule has 0 saturated heterocycles. The van der Waals surface area contributed by atoms with Crippen molar-refractivity contribution in [1.82, 2.24) is 0 Å². The van der Waals surface area contributed by atoms with E-state index < -0.39 is 25.4 Å². The largest absolute Gasteiger partial charge is 0.398 e. The summed E-state index contributed by atoms with van der Waals surface area (Å²) in [5.41, 5.74) is 6.07. The third-order valence-corrected chi connectivity index (χ3v) is 7.21. The van der Waals surface area contributed by atoms with Crippen molar-refractivity contribution >= 4 is 37.9 Å². The molecular weight excluding hydrogens is 306 g/mol. The Morgan fingerprint density at radius 1 is 1.32 bits per heavy atom. The van der Waals surface area contributed by atoms with Crippen molar-refractivity contribution in [3.05, 3.63) is 23.2 Å². The zero-order valence-electron chi connectivity index (χ0n) is 11.1. The third-order valence-electron chi connectivity index (χ3n) is 2.69. The molecule has 0 heterocycles. The predicted molar refractivity (Wildman–Crippen MR) is 80.7 cm³/mol. The molecule has 0 aliphatic rings. The van der Waals surface area contributed by atoms with Gasteiger partial charge in [-0.05, 0) is 39.0 Å². The Labute approximate surface area is 121 Å². The molecule has 0 aliphatic heterocycles. The summed E-state index contributed by atoms with van der Waals surface area (Å²) >= 11 is 5.82. The van der Waals surface area contributed by atoms with Gasteiger partial charge in [0.05, 0.1) is 26.2 Å². The summed E-state index contributed by atoms with van der Waals surface area (Å²) in [6.45, 7) is 4.87. The monoisotopic (exact) mass is 323 g/mol. The first kappa shape index (κ1) is 16.5. The average molecular weight is 324 g/mol. The maximum absolute atomic E-state index is 12.1. The Morgan fingerprint density at radius 3 is 2.42 bits per heavy atom. The van der Waals surface area contributed by atoms with Gasteiger partial charge in [-0.2, -0.15) is 0 Å². The summed E-state index contributed by atoms with van der Waals surface area (Å²) < 4.78 is 35.1. The minimum absolute atomic E-state index is 0.0180.